The molecule has 2 unspecified atom stereocenters. The number of hydrogen-bond donors (Lipinski definition) is 1. The van der Waals surface area contributed by atoms with Crippen molar-refractivity contribution in [3.8, 4) is 0 Å². The van der Waals surface area contributed by atoms with Crippen molar-refractivity contribution in [2.45, 2.75) is 31.9 Å². The van der Waals surface area contributed by atoms with Gasteiger partial charge in [0.1, 0.15) is 6.23 Å². The second-order valence-electron chi connectivity index (χ2n) is 3.31. The average Bonchev–Trinajstić information content (AvgIpc) is 2.31. The first-order valence-electron chi connectivity index (χ1n) is 5.12. The highest BCUT2D eigenvalue weighted by atomic mass is 28.4. The lowest BCUT2D eigenvalue weighted by Crippen LogP contribution is -2.44. The minimum atomic E-state index is -2.54. The van der Waals surface area contributed by atoms with Gasteiger partial charge in [-0.05, 0) is 13.3 Å². The molecule has 0 aromatic heterocycles. The molecule has 0 heterocycles. The molecule has 16 heavy (non-hydrogen) atoms. The van der Waals surface area contributed by atoms with E-state index in [1.54, 1.807) is 35.4 Å². The Labute approximate surface area is 98.3 Å². The number of nitrogens with two attached hydrogens (primary N) is 1. The van der Waals surface area contributed by atoms with Gasteiger partial charge in [-0.3, -0.25) is 0 Å². The Kier molecular flexibility index (Phi) is 8.11. The van der Waals surface area contributed by atoms with E-state index in [0.717, 1.165) is 0 Å². The first-order valence-corrected chi connectivity index (χ1v) is 7.06. The minimum absolute atomic E-state index is 0.321. The van der Waals surface area contributed by atoms with Crippen molar-refractivity contribution < 1.29 is 22.8 Å². The largest absolute Gasteiger partial charge is 0.500 e. The Bertz CT molecular complexity index is 171. The first kappa shape index (κ1) is 16.0. The Morgan fingerprint density at radius 1 is 1.06 bits per heavy atom. The zero-order chi connectivity index (χ0) is 12.6. The maximum absolute atomic E-state index is 5.77. The number of rotatable bonds is 9. The predicted octanol–water partition coefficient (Wildman–Crippen LogP) is 0.548. The van der Waals surface area contributed by atoms with Gasteiger partial charge >= 0.3 is 8.80 Å². The van der Waals surface area contributed by atoms with E-state index in [9.17, 15) is 0 Å². The van der Waals surface area contributed by atoms with Crippen LogP contribution >= 0.6 is 0 Å². The van der Waals surface area contributed by atoms with Crippen LogP contribution in [-0.2, 0) is 22.8 Å². The molecule has 2 N–H and O–H groups in total. The van der Waals surface area contributed by atoms with Crippen LogP contribution in [0.15, 0.2) is 0 Å². The summed E-state index contributed by atoms with van der Waals surface area (Å²) in [5.74, 6) is 0. The fourth-order valence-corrected chi connectivity index (χ4v) is 3.00. The monoisotopic (exact) mass is 253 g/mol. The summed E-state index contributed by atoms with van der Waals surface area (Å²) in [5.41, 5.74) is 5.77. The van der Waals surface area contributed by atoms with E-state index < -0.39 is 15.0 Å². The van der Waals surface area contributed by atoms with Crippen molar-refractivity contribution >= 4 is 8.80 Å². The highest BCUT2D eigenvalue weighted by molar-refractivity contribution is 6.60. The van der Waals surface area contributed by atoms with E-state index in [1.807, 2.05) is 0 Å². The smallest absolute Gasteiger partial charge is 0.377 e. The molecule has 0 aromatic carbocycles. The molecular weight excluding hydrogens is 230 g/mol. The average molecular weight is 253 g/mol. The Balaban J connectivity index is 4.01. The molecule has 0 aliphatic carbocycles. The molecule has 6 nitrogen and oxygen atoms in total. The molecule has 2 atom stereocenters. The molecular formula is C9H23NO5Si. The Hall–Kier alpha value is -0.0231. The molecule has 0 saturated carbocycles. The van der Waals surface area contributed by atoms with Crippen LogP contribution in [0.4, 0.5) is 0 Å². The molecule has 0 rings (SSSR count). The summed E-state index contributed by atoms with van der Waals surface area (Å²) in [6.07, 6.45) is -0.143. The molecule has 0 amide bonds. The Morgan fingerprint density at radius 3 is 1.94 bits per heavy atom. The first-order chi connectivity index (χ1) is 7.53. The summed E-state index contributed by atoms with van der Waals surface area (Å²) in [5, 5.41) is 0. The van der Waals surface area contributed by atoms with Gasteiger partial charge in [0.2, 0.25) is 0 Å². The van der Waals surface area contributed by atoms with E-state index >= 15 is 0 Å². The van der Waals surface area contributed by atoms with Crippen LogP contribution in [0, 0.1) is 0 Å². The quantitative estimate of drug-likeness (QED) is 0.478. The van der Waals surface area contributed by atoms with Crippen molar-refractivity contribution in [2.75, 3.05) is 28.4 Å². The zero-order valence-corrected chi connectivity index (χ0v) is 11.7. The lowest BCUT2D eigenvalue weighted by atomic mass is 10.4. The van der Waals surface area contributed by atoms with E-state index in [1.165, 1.54) is 0 Å². The number of hydrogen-bond acceptors (Lipinski definition) is 6. The van der Waals surface area contributed by atoms with Crippen molar-refractivity contribution in [1.29, 1.82) is 0 Å². The molecule has 0 aromatic rings. The molecule has 98 valence electrons. The van der Waals surface area contributed by atoms with Crippen LogP contribution in [0.2, 0.25) is 6.04 Å². The summed E-state index contributed by atoms with van der Waals surface area (Å²) < 4.78 is 26.1. The van der Waals surface area contributed by atoms with E-state index in [4.69, 9.17) is 28.5 Å². The van der Waals surface area contributed by atoms with Crippen molar-refractivity contribution in [2.24, 2.45) is 5.73 Å². The van der Waals surface area contributed by atoms with Crippen LogP contribution in [0.1, 0.15) is 13.3 Å². The normalized spacial score (nSPS) is 16.1. The molecule has 0 radical (unpaired) electrons. The molecule has 0 saturated heterocycles. The predicted molar refractivity (Wildman–Crippen MR) is 61.7 cm³/mol. The van der Waals surface area contributed by atoms with Gasteiger partial charge in [0.05, 0.1) is 0 Å². The molecule has 0 aliphatic rings. The SMILES string of the molecule is COC(C)OC(N)CC[Si](OC)(OC)OC. The van der Waals surface area contributed by atoms with Crippen LogP contribution in [0.3, 0.4) is 0 Å². The van der Waals surface area contributed by atoms with Gasteiger partial charge in [0, 0.05) is 34.5 Å². The number of methoxy groups -OCH3 is 1. The second kappa shape index (κ2) is 8.12. The van der Waals surface area contributed by atoms with Gasteiger partial charge < -0.3 is 28.5 Å². The van der Waals surface area contributed by atoms with E-state index in [0.29, 0.717) is 12.5 Å². The minimum Gasteiger partial charge on any atom is -0.377 e. The van der Waals surface area contributed by atoms with Crippen LogP contribution < -0.4 is 5.73 Å². The van der Waals surface area contributed by atoms with E-state index in [-0.39, 0.29) is 6.29 Å². The molecule has 0 spiro atoms. The summed E-state index contributed by atoms with van der Waals surface area (Å²) in [7, 11) is 3.74. The third-order valence-corrected chi connectivity index (χ3v) is 5.13. The van der Waals surface area contributed by atoms with Gasteiger partial charge in [-0.25, -0.2) is 0 Å². The van der Waals surface area contributed by atoms with Crippen molar-refractivity contribution in [3.63, 3.8) is 0 Å². The van der Waals surface area contributed by atoms with Gasteiger partial charge in [0.25, 0.3) is 0 Å². The number of ether oxygens (including phenoxy) is 2. The van der Waals surface area contributed by atoms with Gasteiger partial charge in [-0.15, -0.1) is 0 Å². The van der Waals surface area contributed by atoms with Crippen LogP contribution in [-0.4, -0.2) is 49.8 Å². The molecule has 7 heteroatoms. The van der Waals surface area contributed by atoms with E-state index in [2.05, 4.69) is 0 Å². The topological polar surface area (TPSA) is 72.2 Å². The maximum Gasteiger partial charge on any atom is 0.500 e. The van der Waals surface area contributed by atoms with Gasteiger partial charge in [0.15, 0.2) is 6.29 Å². The highest BCUT2D eigenvalue weighted by Gasteiger charge is 2.37. The lowest BCUT2D eigenvalue weighted by Gasteiger charge is -2.26. The maximum atomic E-state index is 5.77. The van der Waals surface area contributed by atoms with Crippen molar-refractivity contribution in [1.82, 2.24) is 0 Å². The molecule has 0 bridgehead atoms. The summed E-state index contributed by atoms with van der Waals surface area (Å²) in [6, 6.07) is 0.605. The van der Waals surface area contributed by atoms with Crippen LogP contribution in [0.25, 0.3) is 0 Å². The fraction of sp³-hybridized carbons (Fsp3) is 1.00. The second-order valence-corrected chi connectivity index (χ2v) is 6.40. The van der Waals surface area contributed by atoms with Gasteiger partial charge in [-0.1, -0.05) is 0 Å². The Morgan fingerprint density at radius 2 is 1.56 bits per heavy atom. The summed E-state index contributed by atoms with van der Waals surface area (Å²) in [6.45, 7) is 1.79. The third-order valence-electron chi connectivity index (χ3n) is 2.37. The zero-order valence-electron chi connectivity index (χ0n) is 10.7. The van der Waals surface area contributed by atoms with Crippen molar-refractivity contribution in [3.05, 3.63) is 0 Å². The summed E-state index contributed by atoms with van der Waals surface area (Å²) in [4.78, 5) is 0. The highest BCUT2D eigenvalue weighted by Crippen LogP contribution is 2.16. The van der Waals surface area contributed by atoms with Crippen LogP contribution in [0.5, 0.6) is 0 Å². The molecule has 0 fully saturated rings. The molecule has 0 aliphatic heterocycles. The lowest BCUT2D eigenvalue weighted by molar-refractivity contribution is -0.143. The fourth-order valence-electron chi connectivity index (χ4n) is 1.24. The van der Waals surface area contributed by atoms with Gasteiger partial charge in [-0.2, -0.15) is 0 Å². The third kappa shape index (κ3) is 5.35. The summed E-state index contributed by atoms with van der Waals surface area (Å²) >= 11 is 0. The standard InChI is InChI=1S/C9H23NO5Si/c1-8(11-2)15-9(10)6-7-16(12-3,13-4)14-5/h8-9H,6-7,10H2,1-5H3.